The Labute approximate surface area is 184 Å². The van der Waals surface area contributed by atoms with Crippen molar-refractivity contribution in [2.24, 2.45) is 0 Å². The maximum Gasteiger partial charge on any atom is 0.338 e. The average Bonchev–Trinajstić information content (AvgIpc) is 3.11. The number of hydrogen-bond donors (Lipinski definition) is 0. The van der Waals surface area contributed by atoms with E-state index >= 15 is 0 Å². The molecule has 2 aromatic carbocycles. The predicted molar refractivity (Wildman–Crippen MR) is 118 cm³/mol. The number of rotatable bonds is 6. The number of para-hydroxylation sites is 1. The normalized spacial score (nSPS) is 11.0. The lowest BCUT2D eigenvalue weighted by Gasteiger charge is -2.13. The smallest absolute Gasteiger partial charge is 0.338 e. The van der Waals surface area contributed by atoms with Crippen molar-refractivity contribution in [1.82, 2.24) is 9.38 Å². The molecule has 2 heterocycles. The number of methoxy groups -OCH3 is 1. The lowest BCUT2D eigenvalue weighted by Crippen LogP contribution is -2.15. The zero-order valence-corrected chi connectivity index (χ0v) is 18.6. The van der Waals surface area contributed by atoms with E-state index in [9.17, 15) is 9.59 Å². The van der Waals surface area contributed by atoms with Gasteiger partial charge in [-0.15, -0.1) is 0 Å². The SMILES string of the molecule is CCOc1cc(C(=O)OCc2cc(=O)n3c(n2)sc2ccccc23)cc(Br)c1OC. The number of aromatic nitrogens is 2. The first-order valence-corrected chi connectivity index (χ1v) is 10.7. The van der Waals surface area contributed by atoms with Gasteiger partial charge in [0.05, 0.1) is 39.7 Å². The fraction of sp³-hybridized carbons (Fsp3) is 0.190. The zero-order chi connectivity index (χ0) is 21.3. The maximum atomic E-state index is 12.6. The molecule has 0 aliphatic carbocycles. The summed E-state index contributed by atoms with van der Waals surface area (Å²) >= 11 is 4.79. The van der Waals surface area contributed by atoms with E-state index in [1.165, 1.54) is 24.5 Å². The standard InChI is InChI=1S/C21H17BrN2O5S/c1-3-28-16-9-12(8-14(22)19(16)27-2)20(26)29-11-13-10-18(25)24-15-6-4-5-7-17(15)30-21(24)23-13/h4-10H,3,11H2,1-2H3. The summed E-state index contributed by atoms with van der Waals surface area (Å²) in [6.07, 6.45) is 0. The van der Waals surface area contributed by atoms with Crippen molar-refractivity contribution in [2.45, 2.75) is 13.5 Å². The van der Waals surface area contributed by atoms with Crippen LogP contribution in [0.3, 0.4) is 0 Å². The number of carbonyl (C=O) groups is 1. The summed E-state index contributed by atoms with van der Waals surface area (Å²) in [4.78, 5) is 30.2. The van der Waals surface area contributed by atoms with Crippen LogP contribution in [0.25, 0.3) is 15.2 Å². The summed E-state index contributed by atoms with van der Waals surface area (Å²) in [6, 6.07) is 12.1. The largest absolute Gasteiger partial charge is 0.492 e. The minimum absolute atomic E-state index is 0.119. The fourth-order valence-corrected chi connectivity index (χ4v) is 4.72. The summed E-state index contributed by atoms with van der Waals surface area (Å²) in [5.74, 6) is 0.375. The summed E-state index contributed by atoms with van der Waals surface area (Å²) in [5, 5.41) is 0. The van der Waals surface area contributed by atoms with Crippen LogP contribution in [-0.2, 0) is 11.3 Å². The molecule has 154 valence electrons. The Morgan fingerprint density at radius 2 is 2.03 bits per heavy atom. The van der Waals surface area contributed by atoms with E-state index in [4.69, 9.17) is 14.2 Å². The summed E-state index contributed by atoms with van der Waals surface area (Å²) < 4.78 is 19.3. The molecular formula is C21H17BrN2O5S. The minimum atomic E-state index is -0.558. The number of fused-ring (bicyclic) bond motifs is 3. The molecule has 0 saturated carbocycles. The Balaban J connectivity index is 1.59. The Kier molecular flexibility index (Phi) is 5.74. The van der Waals surface area contributed by atoms with Crippen LogP contribution in [0.4, 0.5) is 0 Å². The highest BCUT2D eigenvalue weighted by molar-refractivity contribution is 9.10. The first kappa shape index (κ1) is 20.4. The second kappa shape index (κ2) is 8.45. The van der Waals surface area contributed by atoms with Gasteiger partial charge < -0.3 is 14.2 Å². The molecule has 4 aromatic rings. The summed E-state index contributed by atoms with van der Waals surface area (Å²) in [5.41, 5.74) is 1.28. The molecule has 30 heavy (non-hydrogen) atoms. The van der Waals surface area contributed by atoms with Gasteiger partial charge in [-0.3, -0.25) is 9.20 Å². The van der Waals surface area contributed by atoms with Crippen LogP contribution in [0, 0.1) is 0 Å². The van der Waals surface area contributed by atoms with Gasteiger partial charge in [-0.2, -0.15) is 0 Å². The van der Waals surface area contributed by atoms with Crippen LogP contribution in [-0.4, -0.2) is 29.1 Å². The zero-order valence-electron chi connectivity index (χ0n) is 16.2. The van der Waals surface area contributed by atoms with Gasteiger partial charge >= 0.3 is 5.97 Å². The maximum absolute atomic E-state index is 12.6. The molecule has 0 fully saturated rings. The molecule has 0 aliphatic rings. The Bertz CT molecular complexity index is 1310. The number of esters is 1. The number of halogens is 1. The van der Waals surface area contributed by atoms with Crippen molar-refractivity contribution in [1.29, 1.82) is 0 Å². The van der Waals surface area contributed by atoms with Gasteiger partial charge in [-0.25, -0.2) is 9.78 Å². The molecule has 0 radical (unpaired) electrons. The first-order chi connectivity index (χ1) is 14.5. The Hall–Kier alpha value is -2.91. The number of thiazole rings is 1. The van der Waals surface area contributed by atoms with Crippen molar-refractivity contribution in [3.05, 3.63) is 68.5 Å². The second-order valence-electron chi connectivity index (χ2n) is 6.27. The van der Waals surface area contributed by atoms with E-state index in [0.29, 0.717) is 38.8 Å². The van der Waals surface area contributed by atoms with Crippen molar-refractivity contribution in [3.8, 4) is 11.5 Å². The first-order valence-electron chi connectivity index (χ1n) is 9.09. The van der Waals surface area contributed by atoms with E-state index in [2.05, 4.69) is 20.9 Å². The molecule has 7 nitrogen and oxygen atoms in total. The van der Waals surface area contributed by atoms with Crippen LogP contribution in [0.1, 0.15) is 23.0 Å². The lowest BCUT2D eigenvalue weighted by atomic mass is 10.2. The van der Waals surface area contributed by atoms with Gasteiger partial charge in [-0.1, -0.05) is 23.5 Å². The Morgan fingerprint density at radius 3 is 2.80 bits per heavy atom. The molecule has 0 amide bonds. The number of nitrogens with zero attached hydrogens (tertiary/aromatic N) is 2. The molecule has 9 heteroatoms. The lowest BCUT2D eigenvalue weighted by molar-refractivity contribution is 0.0467. The number of hydrogen-bond acceptors (Lipinski definition) is 7. The number of ether oxygens (including phenoxy) is 3. The van der Waals surface area contributed by atoms with Gasteiger partial charge in [0.15, 0.2) is 16.5 Å². The molecule has 0 N–H and O–H groups in total. The number of carbonyl (C=O) groups excluding carboxylic acids is 1. The van der Waals surface area contributed by atoms with E-state index in [-0.39, 0.29) is 12.2 Å². The average molecular weight is 489 g/mol. The van der Waals surface area contributed by atoms with Crippen LogP contribution < -0.4 is 15.0 Å². The van der Waals surface area contributed by atoms with Gasteiger partial charge in [0.1, 0.15) is 6.61 Å². The van der Waals surface area contributed by atoms with Crippen LogP contribution in [0.5, 0.6) is 11.5 Å². The third-order valence-corrected chi connectivity index (χ3v) is 5.96. The minimum Gasteiger partial charge on any atom is -0.492 e. The molecule has 0 atom stereocenters. The number of benzene rings is 2. The molecule has 2 aromatic heterocycles. The van der Waals surface area contributed by atoms with Crippen molar-refractivity contribution >= 4 is 48.4 Å². The molecule has 0 spiro atoms. The van der Waals surface area contributed by atoms with Crippen molar-refractivity contribution in [2.75, 3.05) is 13.7 Å². The molecule has 0 bridgehead atoms. The van der Waals surface area contributed by atoms with E-state index in [0.717, 1.165) is 10.2 Å². The third-order valence-electron chi connectivity index (χ3n) is 4.35. The highest BCUT2D eigenvalue weighted by Crippen LogP contribution is 2.36. The Morgan fingerprint density at radius 1 is 1.23 bits per heavy atom. The predicted octanol–water partition coefficient (Wildman–Crippen LogP) is 4.44. The topological polar surface area (TPSA) is 79.1 Å². The fourth-order valence-electron chi connectivity index (χ4n) is 3.07. The highest BCUT2D eigenvalue weighted by atomic mass is 79.9. The second-order valence-corrected chi connectivity index (χ2v) is 8.14. The molecule has 0 aliphatic heterocycles. The molecule has 0 saturated heterocycles. The van der Waals surface area contributed by atoms with Crippen LogP contribution >= 0.6 is 27.3 Å². The van der Waals surface area contributed by atoms with E-state index in [1.54, 1.807) is 16.5 Å². The molecule has 4 rings (SSSR count). The van der Waals surface area contributed by atoms with Gasteiger partial charge in [0, 0.05) is 6.07 Å². The van der Waals surface area contributed by atoms with Crippen LogP contribution in [0.15, 0.2) is 51.7 Å². The van der Waals surface area contributed by atoms with Gasteiger partial charge in [0.25, 0.3) is 5.56 Å². The monoisotopic (exact) mass is 488 g/mol. The van der Waals surface area contributed by atoms with Gasteiger partial charge in [0.2, 0.25) is 0 Å². The van der Waals surface area contributed by atoms with Crippen molar-refractivity contribution < 1.29 is 19.0 Å². The van der Waals surface area contributed by atoms with E-state index < -0.39 is 5.97 Å². The van der Waals surface area contributed by atoms with Crippen LogP contribution in [0.2, 0.25) is 0 Å². The summed E-state index contributed by atoms with van der Waals surface area (Å²) in [7, 11) is 1.52. The highest BCUT2D eigenvalue weighted by Gasteiger charge is 2.17. The summed E-state index contributed by atoms with van der Waals surface area (Å²) in [6.45, 7) is 2.14. The molecular weight excluding hydrogens is 472 g/mol. The van der Waals surface area contributed by atoms with E-state index in [1.807, 2.05) is 31.2 Å². The van der Waals surface area contributed by atoms with Crippen molar-refractivity contribution in [3.63, 3.8) is 0 Å². The quantitative estimate of drug-likeness (QED) is 0.373. The van der Waals surface area contributed by atoms with Gasteiger partial charge in [-0.05, 0) is 47.1 Å². The third kappa shape index (κ3) is 3.78. The molecule has 0 unspecified atom stereocenters.